The molecule has 118 valence electrons. The number of nitrogens with zero attached hydrogens (tertiary/aromatic N) is 3. The Morgan fingerprint density at radius 3 is 2.32 bits per heavy atom. The van der Waals surface area contributed by atoms with E-state index in [1.54, 1.807) is 0 Å². The first-order chi connectivity index (χ1) is 10.4. The maximum Gasteiger partial charge on any atom is 0.346 e. The third-order valence-electron chi connectivity index (χ3n) is 3.66. The summed E-state index contributed by atoms with van der Waals surface area (Å²) in [7, 11) is 0. The number of hydrogen-bond acceptors (Lipinski definition) is 3. The highest BCUT2D eigenvalue weighted by molar-refractivity contribution is 5.68. The minimum absolute atomic E-state index is 0.1000. The van der Waals surface area contributed by atoms with Gasteiger partial charge in [0.15, 0.2) is 12.1 Å². The highest BCUT2D eigenvalue weighted by Gasteiger charge is 2.14. The molecule has 0 unspecified atom stereocenters. The Morgan fingerprint density at radius 2 is 1.82 bits per heavy atom. The standard InChI is InChI=1S/C17H23N3O2/c1-5-10-19-15(12-21)18-20(16(19)22)11-13-6-8-14(9-7-13)17(2,3)4/h6-9,12H,5,10-11H2,1-4H3. The smallest absolute Gasteiger partial charge is 0.294 e. The molecule has 0 aliphatic carbocycles. The molecule has 0 atom stereocenters. The molecule has 0 fully saturated rings. The minimum Gasteiger partial charge on any atom is -0.294 e. The first-order valence-corrected chi connectivity index (χ1v) is 7.59. The van der Waals surface area contributed by atoms with E-state index in [0.717, 1.165) is 12.0 Å². The number of benzene rings is 1. The fourth-order valence-electron chi connectivity index (χ4n) is 2.36. The summed E-state index contributed by atoms with van der Waals surface area (Å²) in [6, 6.07) is 8.16. The predicted molar refractivity (Wildman–Crippen MR) is 86.4 cm³/mol. The Labute approximate surface area is 130 Å². The van der Waals surface area contributed by atoms with Crippen LogP contribution >= 0.6 is 0 Å². The summed E-state index contributed by atoms with van der Waals surface area (Å²) in [6.45, 7) is 9.33. The molecule has 0 N–H and O–H groups in total. The van der Waals surface area contributed by atoms with E-state index in [4.69, 9.17) is 0 Å². The lowest BCUT2D eigenvalue weighted by Gasteiger charge is -2.19. The zero-order chi connectivity index (χ0) is 16.3. The van der Waals surface area contributed by atoms with Crippen LogP contribution in [0.4, 0.5) is 0 Å². The van der Waals surface area contributed by atoms with Crippen molar-refractivity contribution in [2.75, 3.05) is 0 Å². The topological polar surface area (TPSA) is 56.9 Å². The summed E-state index contributed by atoms with van der Waals surface area (Å²) in [5.41, 5.74) is 2.11. The van der Waals surface area contributed by atoms with Gasteiger partial charge in [-0.15, -0.1) is 5.10 Å². The molecule has 0 aliphatic rings. The van der Waals surface area contributed by atoms with Gasteiger partial charge in [-0.1, -0.05) is 52.0 Å². The molecule has 1 heterocycles. The maximum atomic E-state index is 12.3. The van der Waals surface area contributed by atoms with Gasteiger partial charge in [0.25, 0.3) is 0 Å². The molecule has 1 aromatic heterocycles. The second kappa shape index (κ2) is 6.30. The molecule has 0 aliphatic heterocycles. The number of aromatic nitrogens is 3. The molecule has 5 nitrogen and oxygen atoms in total. The van der Waals surface area contributed by atoms with Crippen molar-refractivity contribution in [1.29, 1.82) is 0 Å². The van der Waals surface area contributed by atoms with Crippen molar-refractivity contribution in [2.45, 2.75) is 52.6 Å². The molecule has 0 saturated heterocycles. The Morgan fingerprint density at radius 1 is 1.18 bits per heavy atom. The van der Waals surface area contributed by atoms with Crippen molar-refractivity contribution in [1.82, 2.24) is 14.3 Å². The van der Waals surface area contributed by atoms with Gasteiger partial charge in [0.2, 0.25) is 0 Å². The molecular formula is C17H23N3O2. The summed E-state index contributed by atoms with van der Waals surface area (Å²) in [4.78, 5) is 23.3. The van der Waals surface area contributed by atoms with Gasteiger partial charge in [-0.2, -0.15) is 0 Å². The van der Waals surface area contributed by atoms with Crippen LogP contribution in [0.5, 0.6) is 0 Å². The Balaban J connectivity index is 2.28. The number of carbonyl (C=O) groups excluding carboxylic acids is 1. The van der Waals surface area contributed by atoms with Crippen LogP contribution in [0, 0.1) is 0 Å². The Bertz CT molecular complexity index is 703. The normalized spacial score (nSPS) is 11.6. The zero-order valence-corrected chi connectivity index (χ0v) is 13.7. The molecule has 0 spiro atoms. The van der Waals surface area contributed by atoms with Crippen LogP contribution in [0.2, 0.25) is 0 Å². The van der Waals surface area contributed by atoms with Gasteiger partial charge in [-0.25, -0.2) is 9.48 Å². The molecule has 2 aromatic rings. The van der Waals surface area contributed by atoms with E-state index in [1.165, 1.54) is 14.8 Å². The molecule has 2 rings (SSSR count). The third-order valence-corrected chi connectivity index (χ3v) is 3.66. The summed E-state index contributed by atoms with van der Waals surface area (Å²) in [5, 5.41) is 4.11. The summed E-state index contributed by atoms with van der Waals surface area (Å²) in [5.74, 6) is 0.193. The number of carbonyl (C=O) groups is 1. The van der Waals surface area contributed by atoms with Crippen LogP contribution in [0.15, 0.2) is 29.1 Å². The van der Waals surface area contributed by atoms with Gasteiger partial charge >= 0.3 is 5.69 Å². The molecule has 5 heteroatoms. The van der Waals surface area contributed by atoms with Crippen LogP contribution in [0.3, 0.4) is 0 Å². The van der Waals surface area contributed by atoms with Crippen LogP contribution < -0.4 is 5.69 Å². The fraction of sp³-hybridized carbons (Fsp3) is 0.471. The highest BCUT2D eigenvalue weighted by atomic mass is 16.2. The summed E-state index contributed by atoms with van der Waals surface area (Å²) in [6.07, 6.45) is 1.42. The van der Waals surface area contributed by atoms with Crippen molar-refractivity contribution in [3.63, 3.8) is 0 Å². The molecular weight excluding hydrogens is 278 g/mol. The van der Waals surface area contributed by atoms with E-state index >= 15 is 0 Å². The van der Waals surface area contributed by atoms with Crippen molar-refractivity contribution in [2.24, 2.45) is 0 Å². The molecule has 0 amide bonds. The van der Waals surface area contributed by atoms with E-state index < -0.39 is 0 Å². The van der Waals surface area contributed by atoms with E-state index in [-0.39, 0.29) is 16.9 Å². The number of hydrogen-bond donors (Lipinski definition) is 0. The van der Waals surface area contributed by atoms with Gasteiger partial charge in [0.05, 0.1) is 6.54 Å². The van der Waals surface area contributed by atoms with Gasteiger partial charge in [-0.3, -0.25) is 9.36 Å². The Kier molecular flexibility index (Phi) is 4.64. The Hall–Kier alpha value is -2.17. The first-order valence-electron chi connectivity index (χ1n) is 7.59. The van der Waals surface area contributed by atoms with E-state index in [1.807, 2.05) is 19.1 Å². The third kappa shape index (κ3) is 3.35. The molecule has 0 radical (unpaired) electrons. The quantitative estimate of drug-likeness (QED) is 0.798. The van der Waals surface area contributed by atoms with Gasteiger partial charge in [-0.05, 0) is 23.0 Å². The van der Waals surface area contributed by atoms with Crippen molar-refractivity contribution in [3.05, 3.63) is 51.7 Å². The number of aldehydes is 1. The van der Waals surface area contributed by atoms with E-state index in [0.29, 0.717) is 19.4 Å². The average Bonchev–Trinajstić information content (AvgIpc) is 2.76. The largest absolute Gasteiger partial charge is 0.346 e. The monoisotopic (exact) mass is 301 g/mol. The molecule has 0 saturated carbocycles. The second-order valence-electron chi connectivity index (χ2n) is 6.51. The molecule has 22 heavy (non-hydrogen) atoms. The second-order valence-corrected chi connectivity index (χ2v) is 6.51. The van der Waals surface area contributed by atoms with Gasteiger partial charge in [0, 0.05) is 6.54 Å². The highest BCUT2D eigenvalue weighted by Crippen LogP contribution is 2.22. The summed E-state index contributed by atoms with van der Waals surface area (Å²) < 4.78 is 2.78. The van der Waals surface area contributed by atoms with Crippen LogP contribution in [-0.4, -0.2) is 20.6 Å². The van der Waals surface area contributed by atoms with E-state index in [2.05, 4.69) is 38.0 Å². The lowest BCUT2D eigenvalue weighted by Crippen LogP contribution is -2.26. The predicted octanol–water partition coefficient (Wildman–Crippen LogP) is 2.61. The van der Waals surface area contributed by atoms with Gasteiger partial charge < -0.3 is 0 Å². The minimum atomic E-state index is -0.233. The van der Waals surface area contributed by atoms with Crippen molar-refractivity contribution >= 4 is 6.29 Å². The van der Waals surface area contributed by atoms with Gasteiger partial charge in [0.1, 0.15) is 0 Å². The first kappa shape index (κ1) is 16.2. The van der Waals surface area contributed by atoms with Crippen molar-refractivity contribution < 1.29 is 4.79 Å². The summed E-state index contributed by atoms with van der Waals surface area (Å²) >= 11 is 0. The number of rotatable bonds is 5. The lowest BCUT2D eigenvalue weighted by atomic mass is 9.87. The average molecular weight is 301 g/mol. The molecule has 0 bridgehead atoms. The van der Waals surface area contributed by atoms with E-state index in [9.17, 15) is 9.59 Å². The fourth-order valence-corrected chi connectivity index (χ4v) is 2.36. The van der Waals surface area contributed by atoms with Crippen LogP contribution in [0.25, 0.3) is 0 Å². The SMILES string of the molecule is CCCn1c(C=O)nn(Cc2ccc(C(C)(C)C)cc2)c1=O. The molecule has 1 aromatic carbocycles. The maximum absolute atomic E-state index is 12.3. The van der Waals surface area contributed by atoms with Crippen molar-refractivity contribution in [3.8, 4) is 0 Å². The van der Waals surface area contributed by atoms with Crippen LogP contribution in [-0.2, 0) is 18.5 Å². The lowest BCUT2D eigenvalue weighted by molar-refractivity contribution is 0.111. The van der Waals surface area contributed by atoms with Crippen LogP contribution in [0.1, 0.15) is 55.9 Å². The zero-order valence-electron chi connectivity index (χ0n) is 13.7.